The van der Waals surface area contributed by atoms with Gasteiger partial charge in [0.25, 0.3) is 0 Å². The summed E-state index contributed by atoms with van der Waals surface area (Å²) in [5, 5.41) is 25.9. The maximum atomic E-state index is 9.57. The van der Waals surface area contributed by atoms with Gasteiger partial charge in [0.2, 0.25) is 0 Å². The maximum Gasteiger partial charge on any atom is 0.139 e. The van der Waals surface area contributed by atoms with Crippen molar-refractivity contribution >= 4 is 11.4 Å². The first-order chi connectivity index (χ1) is 14.7. The Kier molecular flexibility index (Phi) is 10.3. The van der Waals surface area contributed by atoms with E-state index < -0.39 is 0 Å². The minimum atomic E-state index is 0.173. The lowest BCUT2D eigenvalue weighted by Gasteiger charge is -2.10. The lowest BCUT2D eigenvalue weighted by molar-refractivity contribution is 0.306. The number of oxime groups is 2. The Morgan fingerprint density at radius 1 is 0.633 bits per heavy atom. The molecule has 0 saturated heterocycles. The van der Waals surface area contributed by atoms with E-state index in [1.54, 1.807) is 24.3 Å². The molecule has 2 N–H and O–H groups in total. The summed E-state index contributed by atoms with van der Waals surface area (Å²) < 4.78 is 11.4. The van der Waals surface area contributed by atoms with Crippen LogP contribution in [-0.4, -0.2) is 35.1 Å². The molecule has 0 spiro atoms. The first-order valence-electron chi connectivity index (χ1n) is 10.6. The molecule has 0 fully saturated rings. The third-order valence-electron chi connectivity index (χ3n) is 4.71. The van der Waals surface area contributed by atoms with Crippen molar-refractivity contribution < 1.29 is 19.9 Å². The Hall–Kier alpha value is -3.02. The number of rotatable bonds is 13. The maximum absolute atomic E-state index is 9.57. The molecule has 0 aliphatic rings. The molecule has 0 aliphatic heterocycles. The summed E-state index contributed by atoms with van der Waals surface area (Å²) in [5.41, 5.74) is 1.58. The highest BCUT2D eigenvalue weighted by Crippen LogP contribution is 2.18. The predicted octanol–water partition coefficient (Wildman–Crippen LogP) is 5.88. The Morgan fingerprint density at radius 3 is 1.30 bits per heavy atom. The van der Waals surface area contributed by atoms with Crippen LogP contribution in [0.25, 0.3) is 0 Å². The van der Waals surface area contributed by atoms with Crippen LogP contribution in [0.5, 0.6) is 11.5 Å². The predicted molar refractivity (Wildman–Crippen MR) is 120 cm³/mol. The topological polar surface area (TPSA) is 83.6 Å². The van der Waals surface area contributed by atoms with Crippen LogP contribution >= 0.6 is 0 Å². The lowest BCUT2D eigenvalue weighted by atomic mass is 10.00. The highest BCUT2D eigenvalue weighted by atomic mass is 16.5. The molecule has 0 amide bonds. The van der Waals surface area contributed by atoms with Crippen molar-refractivity contribution in [3.63, 3.8) is 0 Å². The Bertz CT molecular complexity index is 729. The molecule has 0 saturated carbocycles. The number of ether oxygens (including phenoxy) is 2. The van der Waals surface area contributed by atoms with Crippen LogP contribution in [0.1, 0.15) is 63.5 Å². The minimum absolute atomic E-state index is 0.173. The van der Waals surface area contributed by atoms with Crippen LogP contribution in [0.15, 0.2) is 58.8 Å². The third-order valence-corrected chi connectivity index (χ3v) is 4.71. The van der Waals surface area contributed by atoms with Crippen LogP contribution < -0.4 is 9.47 Å². The fourth-order valence-corrected chi connectivity index (χ4v) is 2.99. The second-order valence-corrected chi connectivity index (χ2v) is 7.06. The van der Waals surface area contributed by atoms with Gasteiger partial charge in [-0.25, -0.2) is 0 Å². The molecule has 0 atom stereocenters. The van der Waals surface area contributed by atoms with Gasteiger partial charge in [0, 0.05) is 11.1 Å². The number of hydrogen-bond acceptors (Lipinski definition) is 6. The molecule has 6 nitrogen and oxygen atoms in total. The van der Waals surface area contributed by atoms with Gasteiger partial charge in [-0.1, -0.05) is 49.8 Å². The summed E-state index contributed by atoms with van der Waals surface area (Å²) in [6, 6.07) is 14.4. The lowest BCUT2D eigenvalue weighted by Crippen LogP contribution is -2.17. The zero-order valence-corrected chi connectivity index (χ0v) is 17.9. The number of benzene rings is 2. The van der Waals surface area contributed by atoms with Crippen molar-refractivity contribution in [3.05, 3.63) is 59.7 Å². The van der Waals surface area contributed by atoms with E-state index in [1.807, 2.05) is 24.3 Å². The summed E-state index contributed by atoms with van der Waals surface area (Å²) in [6.07, 6.45) is 6.60. The van der Waals surface area contributed by atoms with E-state index in [-0.39, 0.29) is 11.4 Å². The van der Waals surface area contributed by atoms with Crippen molar-refractivity contribution in [1.29, 1.82) is 0 Å². The highest BCUT2D eigenvalue weighted by Gasteiger charge is 2.16. The van der Waals surface area contributed by atoms with Crippen molar-refractivity contribution in [3.8, 4) is 11.5 Å². The van der Waals surface area contributed by atoms with Crippen LogP contribution in [0, 0.1) is 0 Å². The van der Waals surface area contributed by atoms with Gasteiger partial charge < -0.3 is 19.9 Å². The van der Waals surface area contributed by atoms with Crippen LogP contribution in [0.2, 0.25) is 0 Å². The number of unbranched alkanes of at least 4 members (excludes halogenated alkanes) is 4. The van der Waals surface area contributed by atoms with Gasteiger partial charge in [0.1, 0.15) is 22.9 Å². The van der Waals surface area contributed by atoms with Gasteiger partial charge in [-0.15, -0.1) is 0 Å². The molecule has 2 rings (SSSR count). The summed E-state index contributed by atoms with van der Waals surface area (Å²) in [7, 11) is 0. The van der Waals surface area contributed by atoms with E-state index in [2.05, 4.69) is 24.2 Å². The standard InChI is InChI=1S/C24H32N2O4/c1-3-5-7-17-29-21-13-9-19(10-14-21)23(25-27)24(26-28)20-11-15-22(16-12-20)30-18-8-6-4-2/h9-16,27-28H,3-8,17-18H2,1-2H3/b25-23-,26-24-. The van der Waals surface area contributed by atoms with E-state index in [9.17, 15) is 10.4 Å². The fraction of sp³-hybridized carbons (Fsp3) is 0.417. The molecule has 0 aliphatic carbocycles. The Balaban J connectivity index is 2.05. The molecule has 2 aromatic rings. The molecular formula is C24H32N2O4. The highest BCUT2D eigenvalue weighted by molar-refractivity contribution is 6.53. The molecule has 0 radical (unpaired) electrons. The molecule has 2 aromatic carbocycles. The zero-order valence-electron chi connectivity index (χ0n) is 17.9. The minimum Gasteiger partial charge on any atom is -0.494 e. The van der Waals surface area contributed by atoms with Crippen molar-refractivity contribution in [1.82, 2.24) is 0 Å². The van der Waals surface area contributed by atoms with Gasteiger partial charge in [-0.3, -0.25) is 0 Å². The van der Waals surface area contributed by atoms with Crippen LogP contribution in [-0.2, 0) is 0 Å². The van der Waals surface area contributed by atoms with Crippen molar-refractivity contribution in [2.24, 2.45) is 10.3 Å². The van der Waals surface area contributed by atoms with Gasteiger partial charge in [-0.05, 0) is 61.4 Å². The largest absolute Gasteiger partial charge is 0.494 e. The van der Waals surface area contributed by atoms with E-state index in [1.165, 1.54) is 0 Å². The monoisotopic (exact) mass is 412 g/mol. The molecule has 0 unspecified atom stereocenters. The van der Waals surface area contributed by atoms with Crippen LogP contribution in [0.3, 0.4) is 0 Å². The second kappa shape index (κ2) is 13.2. The number of hydrogen-bond donors (Lipinski definition) is 2. The molecule has 0 aromatic heterocycles. The van der Waals surface area contributed by atoms with Gasteiger partial charge >= 0.3 is 0 Å². The normalized spacial score (nSPS) is 12.1. The summed E-state index contributed by atoms with van der Waals surface area (Å²) in [5.74, 6) is 1.50. The third kappa shape index (κ3) is 7.10. The second-order valence-electron chi connectivity index (χ2n) is 7.06. The van der Waals surface area contributed by atoms with Gasteiger partial charge in [-0.2, -0.15) is 0 Å². The average Bonchev–Trinajstić information content (AvgIpc) is 2.79. The average molecular weight is 413 g/mol. The Labute approximate surface area is 178 Å². The quantitative estimate of drug-likeness (QED) is 0.186. The first-order valence-corrected chi connectivity index (χ1v) is 10.6. The number of nitrogens with zero attached hydrogens (tertiary/aromatic N) is 2. The zero-order chi connectivity index (χ0) is 21.6. The first kappa shape index (κ1) is 23.3. The van der Waals surface area contributed by atoms with E-state index >= 15 is 0 Å². The van der Waals surface area contributed by atoms with Crippen molar-refractivity contribution in [2.75, 3.05) is 13.2 Å². The van der Waals surface area contributed by atoms with Gasteiger partial charge in [0.05, 0.1) is 13.2 Å². The SMILES string of the molecule is CCCCCOc1ccc(C(=N/O)/C(=N\O)c2ccc(OCCCCC)cc2)cc1. The van der Waals surface area contributed by atoms with E-state index in [0.29, 0.717) is 24.3 Å². The molecule has 30 heavy (non-hydrogen) atoms. The van der Waals surface area contributed by atoms with Crippen molar-refractivity contribution in [2.45, 2.75) is 52.4 Å². The molecule has 0 bridgehead atoms. The molecule has 6 heteroatoms. The summed E-state index contributed by atoms with van der Waals surface area (Å²) in [6.45, 7) is 5.65. The fourth-order valence-electron chi connectivity index (χ4n) is 2.99. The summed E-state index contributed by atoms with van der Waals surface area (Å²) >= 11 is 0. The van der Waals surface area contributed by atoms with Gasteiger partial charge in [0.15, 0.2) is 0 Å². The van der Waals surface area contributed by atoms with E-state index in [0.717, 1.165) is 50.0 Å². The molecular weight excluding hydrogens is 380 g/mol. The van der Waals surface area contributed by atoms with Crippen LogP contribution in [0.4, 0.5) is 0 Å². The van der Waals surface area contributed by atoms with E-state index in [4.69, 9.17) is 9.47 Å². The molecule has 162 valence electrons. The summed E-state index contributed by atoms with van der Waals surface area (Å²) in [4.78, 5) is 0. The molecule has 0 heterocycles. The smallest absolute Gasteiger partial charge is 0.139 e. The Morgan fingerprint density at radius 2 is 1.00 bits per heavy atom.